The summed E-state index contributed by atoms with van der Waals surface area (Å²) in [5.41, 5.74) is 0. The van der Waals surface area contributed by atoms with Crippen LogP contribution in [0.25, 0.3) is 0 Å². The van der Waals surface area contributed by atoms with Crippen molar-refractivity contribution in [3.63, 3.8) is 0 Å². The Morgan fingerprint density at radius 3 is 2.57 bits per heavy atom. The third-order valence-corrected chi connectivity index (χ3v) is 4.45. The van der Waals surface area contributed by atoms with E-state index in [1.165, 1.54) is 12.0 Å². The van der Waals surface area contributed by atoms with E-state index in [1.807, 2.05) is 0 Å². The number of hydrogen-bond acceptors (Lipinski definition) is 4. The maximum Gasteiger partial charge on any atom is 0.326 e. The van der Waals surface area contributed by atoms with Crippen molar-refractivity contribution in [1.29, 1.82) is 0 Å². The number of rotatable bonds is 6. The van der Waals surface area contributed by atoms with Crippen molar-refractivity contribution >= 4 is 12.0 Å². The number of aliphatic hydroxyl groups is 1. The number of urea groups is 1. The van der Waals surface area contributed by atoms with Crippen molar-refractivity contribution in [2.24, 2.45) is 0 Å². The number of aliphatic hydroxyl groups excluding tert-OH is 1. The number of carbonyl (C=O) groups excluding carboxylic acids is 1. The zero-order valence-corrected chi connectivity index (χ0v) is 12.4. The van der Waals surface area contributed by atoms with E-state index in [4.69, 9.17) is 9.84 Å². The monoisotopic (exact) mass is 300 g/mol. The standard InChI is InChI=1S/C14H24N2O5/c1-21-11-8-12(13(18)19)16(9-11)14(20)15(6-3-7-17)10-4-2-5-10/h10-12,17H,2-9H2,1H3,(H,18,19). The molecule has 0 spiro atoms. The minimum absolute atomic E-state index is 0.0273. The van der Waals surface area contributed by atoms with Crippen LogP contribution in [0.1, 0.15) is 32.1 Å². The molecule has 2 unspecified atom stereocenters. The maximum absolute atomic E-state index is 12.7. The molecule has 0 aromatic carbocycles. The minimum Gasteiger partial charge on any atom is -0.480 e. The third kappa shape index (κ3) is 3.47. The summed E-state index contributed by atoms with van der Waals surface area (Å²) in [7, 11) is 1.53. The minimum atomic E-state index is -0.987. The van der Waals surface area contributed by atoms with E-state index in [0.29, 0.717) is 25.9 Å². The van der Waals surface area contributed by atoms with Gasteiger partial charge in [0, 0.05) is 39.3 Å². The van der Waals surface area contributed by atoms with Gasteiger partial charge in [-0.15, -0.1) is 0 Å². The van der Waals surface area contributed by atoms with Crippen molar-refractivity contribution in [2.75, 3.05) is 26.8 Å². The molecule has 7 nitrogen and oxygen atoms in total. The number of nitrogens with zero attached hydrogens (tertiary/aromatic N) is 2. The highest BCUT2D eigenvalue weighted by molar-refractivity contribution is 5.83. The second-order valence-electron chi connectivity index (χ2n) is 5.74. The highest BCUT2D eigenvalue weighted by Crippen LogP contribution is 2.29. The van der Waals surface area contributed by atoms with Gasteiger partial charge in [0.25, 0.3) is 0 Å². The summed E-state index contributed by atoms with van der Waals surface area (Å²) in [5, 5.41) is 18.3. The van der Waals surface area contributed by atoms with E-state index in [1.54, 1.807) is 4.90 Å². The number of amides is 2. The number of likely N-dealkylation sites (tertiary alicyclic amines) is 1. The zero-order chi connectivity index (χ0) is 15.4. The Labute approximate surface area is 124 Å². The van der Waals surface area contributed by atoms with E-state index in [-0.39, 0.29) is 24.8 Å². The van der Waals surface area contributed by atoms with Gasteiger partial charge in [0.05, 0.1) is 6.10 Å². The quantitative estimate of drug-likeness (QED) is 0.746. The molecule has 7 heteroatoms. The molecule has 0 aromatic rings. The van der Waals surface area contributed by atoms with Gasteiger partial charge in [0.1, 0.15) is 6.04 Å². The van der Waals surface area contributed by atoms with Gasteiger partial charge in [-0.3, -0.25) is 0 Å². The van der Waals surface area contributed by atoms with Crippen molar-refractivity contribution in [2.45, 2.75) is 50.3 Å². The summed E-state index contributed by atoms with van der Waals surface area (Å²) in [6.45, 7) is 0.814. The summed E-state index contributed by atoms with van der Waals surface area (Å²) < 4.78 is 5.22. The Morgan fingerprint density at radius 1 is 1.38 bits per heavy atom. The van der Waals surface area contributed by atoms with Crippen LogP contribution in [0.2, 0.25) is 0 Å². The lowest BCUT2D eigenvalue weighted by atomic mass is 9.91. The molecule has 21 heavy (non-hydrogen) atoms. The van der Waals surface area contributed by atoms with Gasteiger partial charge in [-0.05, 0) is 25.7 Å². The summed E-state index contributed by atoms with van der Waals surface area (Å²) in [5.74, 6) is -0.987. The van der Waals surface area contributed by atoms with Crippen molar-refractivity contribution < 1.29 is 24.5 Å². The molecular formula is C14H24N2O5. The van der Waals surface area contributed by atoms with Crippen LogP contribution in [-0.2, 0) is 9.53 Å². The average Bonchev–Trinajstić information content (AvgIpc) is 2.84. The van der Waals surface area contributed by atoms with E-state index in [0.717, 1.165) is 19.3 Å². The van der Waals surface area contributed by atoms with Crippen LogP contribution in [-0.4, -0.2) is 77.0 Å². The first kappa shape index (κ1) is 16.0. The molecule has 0 aromatic heterocycles. The summed E-state index contributed by atoms with van der Waals surface area (Å²) in [6, 6.07) is -0.876. The molecule has 2 fully saturated rings. The number of ether oxygens (including phenoxy) is 1. The SMILES string of the molecule is COC1CC(C(=O)O)N(C(=O)N(CCCO)C2CCC2)C1. The van der Waals surface area contributed by atoms with Crippen LogP contribution in [0.3, 0.4) is 0 Å². The summed E-state index contributed by atoms with van der Waals surface area (Å²) in [6.07, 6.45) is 3.62. The van der Waals surface area contributed by atoms with E-state index in [2.05, 4.69) is 0 Å². The molecule has 2 rings (SSSR count). The second kappa shape index (κ2) is 7.09. The van der Waals surface area contributed by atoms with Gasteiger partial charge in [-0.1, -0.05) is 0 Å². The zero-order valence-electron chi connectivity index (χ0n) is 12.4. The fourth-order valence-corrected chi connectivity index (χ4v) is 2.95. The van der Waals surface area contributed by atoms with Crippen LogP contribution in [0.15, 0.2) is 0 Å². The first-order valence-electron chi connectivity index (χ1n) is 7.52. The molecule has 2 amide bonds. The van der Waals surface area contributed by atoms with Gasteiger partial charge < -0.3 is 24.7 Å². The molecule has 120 valence electrons. The van der Waals surface area contributed by atoms with Gasteiger partial charge in [0.2, 0.25) is 0 Å². The van der Waals surface area contributed by atoms with E-state index >= 15 is 0 Å². The fourth-order valence-electron chi connectivity index (χ4n) is 2.95. The average molecular weight is 300 g/mol. The van der Waals surface area contributed by atoms with E-state index in [9.17, 15) is 14.7 Å². The number of carboxylic acid groups (broad SMARTS) is 1. The van der Waals surface area contributed by atoms with Crippen molar-refractivity contribution in [3.8, 4) is 0 Å². The highest BCUT2D eigenvalue weighted by Gasteiger charge is 2.43. The van der Waals surface area contributed by atoms with Gasteiger partial charge in [-0.25, -0.2) is 9.59 Å². The van der Waals surface area contributed by atoms with Crippen LogP contribution in [0.4, 0.5) is 4.79 Å². The molecule has 1 heterocycles. The van der Waals surface area contributed by atoms with Gasteiger partial charge in [-0.2, -0.15) is 0 Å². The molecule has 1 aliphatic heterocycles. The Balaban J connectivity index is 2.08. The molecule has 1 aliphatic carbocycles. The Morgan fingerprint density at radius 2 is 2.10 bits per heavy atom. The molecule has 2 N–H and O–H groups in total. The maximum atomic E-state index is 12.7. The topological polar surface area (TPSA) is 90.3 Å². The Hall–Kier alpha value is -1.34. The second-order valence-corrected chi connectivity index (χ2v) is 5.74. The predicted molar refractivity (Wildman–Crippen MR) is 75.0 cm³/mol. The number of carbonyl (C=O) groups is 2. The summed E-state index contributed by atoms with van der Waals surface area (Å²) in [4.78, 5) is 27.2. The van der Waals surface area contributed by atoms with Crippen molar-refractivity contribution in [3.05, 3.63) is 0 Å². The summed E-state index contributed by atoms with van der Waals surface area (Å²) >= 11 is 0. The lowest BCUT2D eigenvalue weighted by molar-refractivity contribution is -0.141. The highest BCUT2D eigenvalue weighted by atomic mass is 16.5. The number of methoxy groups -OCH3 is 1. The molecule has 0 radical (unpaired) electrons. The van der Waals surface area contributed by atoms with Crippen molar-refractivity contribution in [1.82, 2.24) is 9.80 Å². The molecule has 2 atom stereocenters. The lowest BCUT2D eigenvalue weighted by Gasteiger charge is -2.40. The van der Waals surface area contributed by atoms with Gasteiger partial charge in [0.15, 0.2) is 0 Å². The normalized spacial score (nSPS) is 25.7. The van der Waals surface area contributed by atoms with Crippen LogP contribution < -0.4 is 0 Å². The number of aliphatic carboxylic acids is 1. The van der Waals surface area contributed by atoms with Crippen LogP contribution in [0, 0.1) is 0 Å². The molecule has 0 bridgehead atoms. The van der Waals surface area contributed by atoms with Crippen LogP contribution >= 0.6 is 0 Å². The number of carboxylic acids is 1. The first-order valence-corrected chi connectivity index (χ1v) is 7.52. The Kier molecular flexibility index (Phi) is 5.41. The lowest BCUT2D eigenvalue weighted by Crippen LogP contribution is -2.53. The fraction of sp³-hybridized carbons (Fsp3) is 0.857. The van der Waals surface area contributed by atoms with E-state index < -0.39 is 12.0 Å². The predicted octanol–water partition coefficient (Wildman–Crippen LogP) is 0.517. The molecular weight excluding hydrogens is 276 g/mol. The largest absolute Gasteiger partial charge is 0.480 e. The molecule has 1 saturated carbocycles. The molecule has 1 saturated heterocycles. The Bertz CT molecular complexity index is 386. The van der Waals surface area contributed by atoms with Gasteiger partial charge >= 0.3 is 12.0 Å². The van der Waals surface area contributed by atoms with Crippen LogP contribution in [0.5, 0.6) is 0 Å². The molecule has 2 aliphatic rings. The smallest absolute Gasteiger partial charge is 0.326 e. The third-order valence-electron chi connectivity index (χ3n) is 4.45. The first-order chi connectivity index (χ1) is 10.1. The number of hydrogen-bond donors (Lipinski definition) is 2.